The van der Waals surface area contributed by atoms with Gasteiger partial charge in [-0.05, 0) is 82.0 Å². The Kier molecular flexibility index (Phi) is 5.82. The largest absolute Gasteiger partial charge is 0.491 e. The van der Waals surface area contributed by atoms with Crippen molar-refractivity contribution in [1.29, 1.82) is 0 Å². The highest BCUT2D eigenvalue weighted by Gasteiger charge is 2.31. The van der Waals surface area contributed by atoms with Crippen LogP contribution in [0.25, 0.3) is 0 Å². The molecule has 0 bridgehead atoms. The van der Waals surface area contributed by atoms with Crippen molar-refractivity contribution in [3.05, 3.63) is 51.2 Å². The van der Waals surface area contributed by atoms with Crippen molar-refractivity contribution in [2.24, 2.45) is 0 Å². The van der Waals surface area contributed by atoms with Gasteiger partial charge in [-0.1, -0.05) is 6.07 Å². The van der Waals surface area contributed by atoms with E-state index in [1.807, 2.05) is 17.4 Å². The van der Waals surface area contributed by atoms with Gasteiger partial charge in [0.1, 0.15) is 12.4 Å². The number of hydrogen-bond acceptors (Lipinski definition) is 4. The molecular formula is C21H29NO2S. The van der Waals surface area contributed by atoms with Crippen molar-refractivity contribution in [3.63, 3.8) is 0 Å². The Morgan fingerprint density at radius 1 is 1.08 bits per heavy atom. The number of rotatable bonds is 5. The zero-order valence-electron chi connectivity index (χ0n) is 15.5. The highest BCUT2D eigenvalue weighted by atomic mass is 32.1. The molecule has 1 unspecified atom stereocenters. The highest BCUT2D eigenvalue weighted by molar-refractivity contribution is 7.11. The second-order valence-corrected chi connectivity index (χ2v) is 8.77. The molecule has 0 spiro atoms. The van der Waals surface area contributed by atoms with Crippen LogP contribution in [0.3, 0.4) is 0 Å². The number of hydrogen-bond donors (Lipinski definition) is 1. The van der Waals surface area contributed by atoms with Crippen LogP contribution in [0, 0.1) is 20.8 Å². The molecule has 2 aromatic rings. The summed E-state index contributed by atoms with van der Waals surface area (Å²) in [5.41, 5.74) is 1.77. The number of aryl methyl sites for hydroxylation is 3. The predicted molar refractivity (Wildman–Crippen MR) is 105 cm³/mol. The monoisotopic (exact) mass is 359 g/mol. The maximum absolute atomic E-state index is 11.0. The molecule has 1 N–H and O–H groups in total. The number of ether oxygens (including phenoxy) is 1. The van der Waals surface area contributed by atoms with E-state index in [1.54, 1.807) is 0 Å². The lowest BCUT2D eigenvalue weighted by molar-refractivity contribution is -0.0168. The first-order valence-corrected chi connectivity index (χ1v) is 9.95. The molecule has 25 heavy (non-hydrogen) atoms. The molecule has 136 valence electrons. The quantitative estimate of drug-likeness (QED) is 0.855. The van der Waals surface area contributed by atoms with E-state index in [2.05, 4.69) is 49.9 Å². The van der Waals surface area contributed by atoms with E-state index >= 15 is 0 Å². The Bertz CT molecular complexity index is 712. The summed E-state index contributed by atoms with van der Waals surface area (Å²) in [6.07, 6.45) is 2.58. The summed E-state index contributed by atoms with van der Waals surface area (Å²) < 4.78 is 5.93. The van der Waals surface area contributed by atoms with Crippen LogP contribution < -0.4 is 4.74 Å². The SMILES string of the molecule is Cc1ccc(CN2CCCC(O)(COc3ccc(C)c(C)c3)CC2)s1. The van der Waals surface area contributed by atoms with Gasteiger partial charge in [0.2, 0.25) is 0 Å². The van der Waals surface area contributed by atoms with Gasteiger partial charge in [-0.3, -0.25) is 4.90 Å². The minimum absolute atomic E-state index is 0.376. The van der Waals surface area contributed by atoms with Crippen molar-refractivity contribution in [2.75, 3.05) is 19.7 Å². The molecule has 1 atom stereocenters. The third-order valence-corrected chi connectivity index (χ3v) is 6.16. The molecule has 1 aliphatic rings. The molecule has 0 radical (unpaired) electrons. The molecule has 1 aliphatic heterocycles. The fourth-order valence-electron chi connectivity index (χ4n) is 3.35. The van der Waals surface area contributed by atoms with Crippen LogP contribution in [-0.2, 0) is 6.54 Å². The third-order valence-electron chi connectivity index (χ3n) is 5.17. The van der Waals surface area contributed by atoms with Gasteiger partial charge in [0, 0.05) is 22.8 Å². The summed E-state index contributed by atoms with van der Waals surface area (Å²) >= 11 is 1.87. The van der Waals surface area contributed by atoms with E-state index < -0.39 is 5.60 Å². The Labute approximate surface area is 155 Å². The lowest BCUT2D eigenvalue weighted by Gasteiger charge is -2.27. The topological polar surface area (TPSA) is 32.7 Å². The van der Waals surface area contributed by atoms with Gasteiger partial charge in [0.05, 0.1) is 5.60 Å². The lowest BCUT2D eigenvalue weighted by Crippen LogP contribution is -2.37. The van der Waals surface area contributed by atoms with Gasteiger partial charge in [0.25, 0.3) is 0 Å². The van der Waals surface area contributed by atoms with E-state index in [0.717, 1.165) is 44.6 Å². The van der Waals surface area contributed by atoms with Crippen LogP contribution in [-0.4, -0.2) is 35.3 Å². The fourth-order valence-corrected chi connectivity index (χ4v) is 4.28. The van der Waals surface area contributed by atoms with Crippen LogP contribution in [0.15, 0.2) is 30.3 Å². The normalized spacial score (nSPS) is 21.9. The second kappa shape index (κ2) is 7.90. The van der Waals surface area contributed by atoms with Crippen LogP contribution in [0.4, 0.5) is 0 Å². The number of nitrogens with zero attached hydrogens (tertiary/aromatic N) is 1. The summed E-state index contributed by atoms with van der Waals surface area (Å²) in [5, 5.41) is 11.0. The van der Waals surface area contributed by atoms with Crippen LogP contribution in [0.2, 0.25) is 0 Å². The maximum Gasteiger partial charge on any atom is 0.119 e. The van der Waals surface area contributed by atoms with E-state index in [-0.39, 0.29) is 0 Å². The third kappa shape index (κ3) is 5.06. The van der Waals surface area contributed by atoms with Crippen molar-refractivity contribution >= 4 is 11.3 Å². The zero-order valence-corrected chi connectivity index (χ0v) is 16.4. The minimum atomic E-state index is -0.723. The van der Waals surface area contributed by atoms with Crippen molar-refractivity contribution in [3.8, 4) is 5.75 Å². The second-order valence-electron chi connectivity index (χ2n) is 7.40. The Balaban J connectivity index is 1.54. The number of thiophene rings is 1. The average molecular weight is 360 g/mol. The van der Waals surface area contributed by atoms with Crippen molar-refractivity contribution < 1.29 is 9.84 Å². The number of benzene rings is 1. The summed E-state index contributed by atoms with van der Waals surface area (Å²) in [5.74, 6) is 0.853. The lowest BCUT2D eigenvalue weighted by atomic mass is 9.96. The van der Waals surface area contributed by atoms with Crippen LogP contribution >= 0.6 is 11.3 Å². The zero-order chi connectivity index (χ0) is 17.9. The van der Waals surface area contributed by atoms with E-state index in [9.17, 15) is 5.11 Å². The van der Waals surface area contributed by atoms with Crippen LogP contribution in [0.5, 0.6) is 5.75 Å². The molecule has 2 heterocycles. The minimum Gasteiger partial charge on any atom is -0.491 e. The van der Waals surface area contributed by atoms with Crippen LogP contribution in [0.1, 0.15) is 40.1 Å². The molecule has 0 aliphatic carbocycles. The Morgan fingerprint density at radius 2 is 1.92 bits per heavy atom. The molecular weight excluding hydrogens is 330 g/mol. The Hall–Kier alpha value is -1.36. The number of aliphatic hydroxyl groups is 1. The van der Waals surface area contributed by atoms with Crippen molar-refractivity contribution in [1.82, 2.24) is 4.90 Å². The van der Waals surface area contributed by atoms with E-state index in [0.29, 0.717) is 6.61 Å². The summed E-state index contributed by atoms with van der Waals surface area (Å²) in [6, 6.07) is 10.5. The van der Waals surface area contributed by atoms with Gasteiger partial charge in [-0.25, -0.2) is 0 Å². The van der Waals surface area contributed by atoms with E-state index in [1.165, 1.54) is 20.9 Å². The fraction of sp³-hybridized carbons (Fsp3) is 0.524. The first-order valence-electron chi connectivity index (χ1n) is 9.14. The van der Waals surface area contributed by atoms with E-state index in [4.69, 9.17) is 4.74 Å². The highest BCUT2D eigenvalue weighted by Crippen LogP contribution is 2.26. The molecule has 0 amide bonds. The first-order chi connectivity index (χ1) is 11.9. The number of likely N-dealkylation sites (tertiary alicyclic amines) is 1. The maximum atomic E-state index is 11.0. The molecule has 3 rings (SSSR count). The van der Waals surface area contributed by atoms with Gasteiger partial charge >= 0.3 is 0 Å². The Morgan fingerprint density at radius 3 is 2.64 bits per heavy atom. The molecule has 1 aromatic carbocycles. The standard InChI is InChI=1S/C21H29NO2S/c1-16-5-7-19(13-17(16)2)24-15-21(23)9-4-11-22(12-10-21)14-20-8-6-18(3)25-20/h5-8,13,23H,4,9-12,14-15H2,1-3H3. The summed E-state index contributed by atoms with van der Waals surface area (Å²) in [7, 11) is 0. The summed E-state index contributed by atoms with van der Waals surface area (Å²) in [4.78, 5) is 5.23. The molecule has 1 saturated heterocycles. The van der Waals surface area contributed by atoms with Gasteiger partial charge in [0.15, 0.2) is 0 Å². The van der Waals surface area contributed by atoms with Gasteiger partial charge in [-0.2, -0.15) is 0 Å². The molecule has 3 nitrogen and oxygen atoms in total. The molecule has 1 fully saturated rings. The molecule has 1 aromatic heterocycles. The van der Waals surface area contributed by atoms with Gasteiger partial charge < -0.3 is 9.84 Å². The molecule has 4 heteroatoms. The van der Waals surface area contributed by atoms with Gasteiger partial charge in [-0.15, -0.1) is 11.3 Å². The average Bonchev–Trinajstić information content (AvgIpc) is 2.89. The smallest absolute Gasteiger partial charge is 0.119 e. The predicted octanol–water partition coefficient (Wildman–Crippen LogP) is 4.47. The summed E-state index contributed by atoms with van der Waals surface area (Å²) in [6.45, 7) is 9.68. The van der Waals surface area contributed by atoms with Crippen molar-refractivity contribution in [2.45, 2.75) is 52.2 Å². The molecule has 0 saturated carbocycles. The first kappa shape index (κ1) is 18.4.